The van der Waals surface area contributed by atoms with Crippen molar-refractivity contribution < 1.29 is 9.53 Å². The summed E-state index contributed by atoms with van der Waals surface area (Å²) < 4.78 is 6.57. The molecule has 1 aromatic heterocycles. The number of aryl methyl sites for hydroxylation is 1. The number of hydrogen-bond donors (Lipinski definition) is 1. The molecule has 2 heterocycles. The Morgan fingerprint density at radius 3 is 2.68 bits per heavy atom. The first kappa shape index (κ1) is 18.5. The van der Waals surface area contributed by atoms with Crippen LogP contribution in [0.2, 0.25) is 0 Å². The van der Waals surface area contributed by atoms with Crippen molar-refractivity contribution >= 4 is 33.2 Å². The van der Waals surface area contributed by atoms with Gasteiger partial charge in [0.2, 0.25) is 0 Å². The molecule has 0 spiro atoms. The molecule has 1 amide bonds. The van der Waals surface area contributed by atoms with Crippen molar-refractivity contribution in [2.24, 2.45) is 0 Å². The summed E-state index contributed by atoms with van der Waals surface area (Å²) in [6, 6.07) is 17.2. The van der Waals surface area contributed by atoms with Crippen LogP contribution >= 0.6 is 15.9 Å². The largest absolute Gasteiger partial charge is 0.494 e. The van der Waals surface area contributed by atoms with Gasteiger partial charge in [0, 0.05) is 22.0 Å². The van der Waals surface area contributed by atoms with E-state index in [2.05, 4.69) is 26.2 Å². The van der Waals surface area contributed by atoms with Crippen LogP contribution in [-0.4, -0.2) is 17.5 Å². The molecule has 0 radical (unpaired) electrons. The fraction of sp³-hybridized carbons (Fsp3) is 0.182. The molecule has 1 unspecified atom stereocenters. The second-order valence-corrected chi connectivity index (χ2v) is 7.40. The van der Waals surface area contributed by atoms with E-state index in [1.165, 1.54) is 0 Å². The molecule has 0 bridgehead atoms. The predicted molar refractivity (Wildman–Crippen MR) is 114 cm³/mol. The molecule has 28 heavy (non-hydrogen) atoms. The van der Waals surface area contributed by atoms with Gasteiger partial charge in [-0.05, 0) is 74.0 Å². The maximum atomic E-state index is 13.1. The number of carbonyl (C=O) groups excluding carboxylic acids is 1. The van der Waals surface area contributed by atoms with Crippen molar-refractivity contribution in [1.29, 1.82) is 0 Å². The van der Waals surface area contributed by atoms with Crippen LogP contribution in [0.25, 0.3) is 0 Å². The molecule has 3 aromatic rings. The van der Waals surface area contributed by atoms with E-state index in [1.54, 1.807) is 17.2 Å². The molecule has 2 aromatic carbocycles. The lowest BCUT2D eigenvalue weighted by Gasteiger charge is -2.27. The SMILES string of the molecule is CCOc1ccc(N2C(=O)c3cccnc3C2Nc2ccc(Br)c(C)c2)cc1. The Balaban J connectivity index is 1.72. The van der Waals surface area contributed by atoms with Crippen molar-refractivity contribution in [3.05, 3.63) is 82.1 Å². The van der Waals surface area contributed by atoms with Crippen molar-refractivity contribution in [2.75, 3.05) is 16.8 Å². The van der Waals surface area contributed by atoms with Crippen LogP contribution in [0.15, 0.2) is 65.3 Å². The number of aromatic nitrogens is 1. The molecule has 0 saturated carbocycles. The fourth-order valence-corrected chi connectivity index (χ4v) is 3.59. The number of hydrogen-bond acceptors (Lipinski definition) is 4. The number of rotatable bonds is 5. The molecular formula is C22H20BrN3O2. The summed E-state index contributed by atoms with van der Waals surface area (Å²) in [5.41, 5.74) is 4.17. The Labute approximate surface area is 172 Å². The van der Waals surface area contributed by atoms with Crippen LogP contribution in [0.3, 0.4) is 0 Å². The number of pyridine rings is 1. The molecule has 4 rings (SSSR count). The zero-order valence-corrected chi connectivity index (χ0v) is 17.2. The van der Waals surface area contributed by atoms with Gasteiger partial charge in [-0.3, -0.25) is 14.7 Å². The Kier molecular flexibility index (Phi) is 5.05. The molecule has 6 heteroatoms. The fourth-order valence-electron chi connectivity index (χ4n) is 3.35. The Morgan fingerprint density at radius 1 is 1.18 bits per heavy atom. The number of amides is 1. The molecular weight excluding hydrogens is 418 g/mol. The number of benzene rings is 2. The number of ether oxygens (including phenoxy) is 1. The number of anilines is 2. The highest BCUT2D eigenvalue weighted by Gasteiger charge is 2.39. The molecule has 1 N–H and O–H groups in total. The Hall–Kier alpha value is -2.86. The topological polar surface area (TPSA) is 54.5 Å². The van der Waals surface area contributed by atoms with Gasteiger partial charge in [0.1, 0.15) is 5.75 Å². The van der Waals surface area contributed by atoms with E-state index in [4.69, 9.17) is 4.74 Å². The average Bonchev–Trinajstić information content (AvgIpc) is 2.98. The normalized spacial score (nSPS) is 15.5. The lowest BCUT2D eigenvalue weighted by Crippen LogP contribution is -2.32. The summed E-state index contributed by atoms with van der Waals surface area (Å²) in [6.45, 7) is 4.58. The third kappa shape index (κ3) is 3.36. The van der Waals surface area contributed by atoms with Crippen LogP contribution in [-0.2, 0) is 0 Å². The number of halogens is 1. The summed E-state index contributed by atoms with van der Waals surface area (Å²) >= 11 is 3.53. The van der Waals surface area contributed by atoms with E-state index in [0.717, 1.165) is 32.9 Å². The van der Waals surface area contributed by atoms with Crippen LogP contribution in [0.4, 0.5) is 11.4 Å². The van der Waals surface area contributed by atoms with E-state index in [1.807, 2.05) is 62.4 Å². The highest BCUT2D eigenvalue weighted by atomic mass is 79.9. The van der Waals surface area contributed by atoms with Crippen LogP contribution in [0.5, 0.6) is 5.75 Å². The molecule has 0 aliphatic carbocycles. The monoisotopic (exact) mass is 437 g/mol. The summed E-state index contributed by atoms with van der Waals surface area (Å²) in [7, 11) is 0. The second-order valence-electron chi connectivity index (χ2n) is 6.55. The highest BCUT2D eigenvalue weighted by Crippen LogP contribution is 2.37. The maximum Gasteiger partial charge on any atom is 0.262 e. The summed E-state index contributed by atoms with van der Waals surface area (Å²) in [5, 5.41) is 3.47. The third-order valence-electron chi connectivity index (χ3n) is 4.69. The number of nitrogens with one attached hydrogen (secondary N) is 1. The van der Waals surface area contributed by atoms with Crippen molar-refractivity contribution in [2.45, 2.75) is 20.0 Å². The predicted octanol–water partition coefficient (Wildman–Crippen LogP) is 5.32. The van der Waals surface area contributed by atoms with Gasteiger partial charge in [-0.1, -0.05) is 15.9 Å². The standard InChI is InChI=1S/C22H20BrN3O2/c1-3-28-17-9-7-16(8-10-17)26-21(20-18(22(26)27)5-4-12-24-20)25-15-6-11-19(23)14(2)13-15/h4-13,21,25H,3H2,1-2H3. The molecule has 1 aliphatic heterocycles. The quantitative estimate of drug-likeness (QED) is 0.586. The number of nitrogens with zero attached hydrogens (tertiary/aromatic N) is 2. The van der Waals surface area contributed by atoms with Crippen LogP contribution in [0, 0.1) is 6.92 Å². The molecule has 0 saturated heterocycles. The zero-order chi connectivity index (χ0) is 19.7. The molecule has 0 fully saturated rings. The lowest BCUT2D eigenvalue weighted by molar-refractivity contribution is 0.0993. The molecule has 1 atom stereocenters. The van der Waals surface area contributed by atoms with E-state index < -0.39 is 0 Å². The van der Waals surface area contributed by atoms with Gasteiger partial charge in [0.05, 0.1) is 17.9 Å². The zero-order valence-electron chi connectivity index (χ0n) is 15.6. The van der Waals surface area contributed by atoms with Gasteiger partial charge >= 0.3 is 0 Å². The van der Waals surface area contributed by atoms with Crippen molar-refractivity contribution in [3.63, 3.8) is 0 Å². The van der Waals surface area contributed by atoms with Gasteiger partial charge in [0.15, 0.2) is 6.17 Å². The number of carbonyl (C=O) groups is 1. The minimum atomic E-state index is -0.387. The highest BCUT2D eigenvalue weighted by molar-refractivity contribution is 9.10. The van der Waals surface area contributed by atoms with Gasteiger partial charge in [0.25, 0.3) is 5.91 Å². The third-order valence-corrected chi connectivity index (χ3v) is 5.58. The second kappa shape index (κ2) is 7.64. The average molecular weight is 438 g/mol. The summed E-state index contributed by atoms with van der Waals surface area (Å²) in [5.74, 6) is 0.708. The van der Waals surface area contributed by atoms with E-state index in [0.29, 0.717) is 12.2 Å². The Morgan fingerprint density at radius 2 is 1.96 bits per heavy atom. The molecule has 142 valence electrons. The molecule has 1 aliphatic rings. The minimum Gasteiger partial charge on any atom is -0.494 e. The van der Waals surface area contributed by atoms with Crippen LogP contribution < -0.4 is 15.0 Å². The Bertz CT molecular complexity index is 1020. The first-order valence-corrected chi connectivity index (χ1v) is 9.92. The summed E-state index contributed by atoms with van der Waals surface area (Å²) in [4.78, 5) is 19.4. The number of fused-ring (bicyclic) bond motifs is 1. The lowest BCUT2D eigenvalue weighted by atomic mass is 10.2. The van der Waals surface area contributed by atoms with E-state index in [9.17, 15) is 4.79 Å². The van der Waals surface area contributed by atoms with Gasteiger partial charge in [-0.25, -0.2) is 0 Å². The van der Waals surface area contributed by atoms with Gasteiger partial charge < -0.3 is 10.1 Å². The van der Waals surface area contributed by atoms with Crippen molar-refractivity contribution in [3.8, 4) is 5.75 Å². The van der Waals surface area contributed by atoms with E-state index in [-0.39, 0.29) is 12.1 Å². The molecule has 5 nitrogen and oxygen atoms in total. The summed E-state index contributed by atoms with van der Waals surface area (Å²) in [6.07, 6.45) is 1.33. The van der Waals surface area contributed by atoms with Crippen LogP contribution in [0.1, 0.15) is 34.7 Å². The smallest absolute Gasteiger partial charge is 0.262 e. The maximum absolute atomic E-state index is 13.1. The van der Waals surface area contributed by atoms with E-state index >= 15 is 0 Å². The van der Waals surface area contributed by atoms with Gasteiger partial charge in [-0.15, -0.1) is 0 Å². The van der Waals surface area contributed by atoms with Crippen molar-refractivity contribution in [1.82, 2.24) is 4.98 Å². The first-order chi connectivity index (χ1) is 13.6. The minimum absolute atomic E-state index is 0.0707. The first-order valence-electron chi connectivity index (χ1n) is 9.12. The van der Waals surface area contributed by atoms with Gasteiger partial charge in [-0.2, -0.15) is 0 Å².